The molecule has 0 bridgehead atoms. The SMILES string of the molecule is COc1ccc(CC(=O)NN=Cc2ccc(Cl)s2)cc1. The van der Waals surface area contributed by atoms with Gasteiger partial charge < -0.3 is 4.74 Å². The Hall–Kier alpha value is -1.85. The summed E-state index contributed by atoms with van der Waals surface area (Å²) in [7, 11) is 1.60. The van der Waals surface area contributed by atoms with Crippen molar-refractivity contribution < 1.29 is 9.53 Å². The number of benzene rings is 1. The van der Waals surface area contributed by atoms with Gasteiger partial charge in [0, 0.05) is 4.88 Å². The second-order valence-corrected chi connectivity index (χ2v) is 5.71. The van der Waals surface area contributed by atoms with Crippen molar-refractivity contribution in [3.63, 3.8) is 0 Å². The number of hydrazone groups is 1. The molecule has 20 heavy (non-hydrogen) atoms. The van der Waals surface area contributed by atoms with E-state index in [9.17, 15) is 4.79 Å². The van der Waals surface area contributed by atoms with E-state index >= 15 is 0 Å². The van der Waals surface area contributed by atoms with Crippen LogP contribution >= 0.6 is 22.9 Å². The molecule has 104 valence electrons. The zero-order valence-corrected chi connectivity index (χ0v) is 12.4. The Morgan fingerprint density at radius 2 is 2.10 bits per heavy atom. The molecule has 0 saturated heterocycles. The number of carbonyl (C=O) groups is 1. The first-order chi connectivity index (χ1) is 9.67. The Morgan fingerprint density at radius 3 is 2.70 bits per heavy atom. The lowest BCUT2D eigenvalue weighted by Crippen LogP contribution is -2.19. The van der Waals surface area contributed by atoms with Crippen LogP contribution in [-0.4, -0.2) is 19.2 Å². The maximum atomic E-state index is 11.7. The third kappa shape index (κ3) is 4.36. The zero-order valence-electron chi connectivity index (χ0n) is 10.8. The molecule has 0 aliphatic heterocycles. The Bertz CT molecular complexity index is 608. The monoisotopic (exact) mass is 308 g/mol. The standard InChI is InChI=1S/C14H13ClN2O2S/c1-19-11-4-2-10(3-5-11)8-14(18)17-16-9-12-6-7-13(15)20-12/h2-7,9H,8H2,1H3,(H,17,18). The van der Waals surface area contributed by atoms with E-state index in [1.165, 1.54) is 11.3 Å². The van der Waals surface area contributed by atoms with Crippen LogP contribution < -0.4 is 10.2 Å². The summed E-state index contributed by atoms with van der Waals surface area (Å²) in [4.78, 5) is 12.6. The molecule has 1 amide bonds. The summed E-state index contributed by atoms with van der Waals surface area (Å²) in [5, 5.41) is 3.89. The summed E-state index contributed by atoms with van der Waals surface area (Å²) in [5.74, 6) is 0.593. The average molecular weight is 309 g/mol. The molecule has 0 aliphatic rings. The number of rotatable bonds is 5. The van der Waals surface area contributed by atoms with Gasteiger partial charge in [0.05, 0.1) is 24.1 Å². The Labute approximate surface area is 126 Å². The van der Waals surface area contributed by atoms with E-state index in [1.54, 1.807) is 19.4 Å². The molecule has 1 N–H and O–H groups in total. The van der Waals surface area contributed by atoms with Gasteiger partial charge in [0.1, 0.15) is 5.75 Å². The summed E-state index contributed by atoms with van der Waals surface area (Å²) in [6.45, 7) is 0. The minimum atomic E-state index is -0.172. The average Bonchev–Trinajstić information content (AvgIpc) is 2.85. The first kappa shape index (κ1) is 14.6. The van der Waals surface area contributed by atoms with E-state index in [2.05, 4.69) is 10.5 Å². The van der Waals surface area contributed by atoms with Crippen molar-refractivity contribution >= 4 is 35.1 Å². The van der Waals surface area contributed by atoms with E-state index < -0.39 is 0 Å². The topological polar surface area (TPSA) is 50.7 Å². The predicted octanol–water partition coefficient (Wildman–Crippen LogP) is 3.10. The number of nitrogens with one attached hydrogen (secondary N) is 1. The molecule has 2 rings (SSSR count). The van der Waals surface area contributed by atoms with Crippen LogP contribution in [0.4, 0.5) is 0 Å². The van der Waals surface area contributed by atoms with Gasteiger partial charge in [-0.2, -0.15) is 5.10 Å². The molecule has 0 radical (unpaired) electrons. The quantitative estimate of drug-likeness (QED) is 0.681. The minimum Gasteiger partial charge on any atom is -0.497 e. The van der Waals surface area contributed by atoms with Gasteiger partial charge in [-0.15, -0.1) is 11.3 Å². The van der Waals surface area contributed by atoms with Crippen molar-refractivity contribution in [2.24, 2.45) is 5.10 Å². The first-order valence-electron chi connectivity index (χ1n) is 5.87. The number of methoxy groups -OCH3 is 1. The molecule has 0 unspecified atom stereocenters. The number of hydrogen-bond acceptors (Lipinski definition) is 4. The predicted molar refractivity (Wildman–Crippen MR) is 81.8 cm³/mol. The molecule has 0 spiro atoms. The molecule has 1 heterocycles. The van der Waals surface area contributed by atoms with Crippen molar-refractivity contribution in [3.05, 3.63) is 51.2 Å². The Morgan fingerprint density at radius 1 is 1.35 bits per heavy atom. The van der Waals surface area contributed by atoms with Crippen molar-refractivity contribution in [1.82, 2.24) is 5.43 Å². The van der Waals surface area contributed by atoms with Crippen molar-refractivity contribution in [2.45, 2.75) is 6.42 Å². The van der Waals surface area contributed by atoms with Gasteiger partial charge in [-0.1, -0.05) is 23.7 Å². The summed E-state index contributed by atoms with van der Waals surface area (Å²) < 4.78 is 5.75. The molecule has 1 aromatic heterocycles. The fraction of sp³-hybridized carbons (Fsp3) is 0.143. The second-order valence-electron chi connectivity index (χ2n) is 3.96. The van der Waals surface area contributed by atoms with Gasteiger partial charge in [-0.05, 0) is 29.8 Å². The van der Waals surface area contributed by atoms with Crippen LogP contribution in [0.3, 0.4) is 0 Å². The van der Waals surface area contributed by atoms with Crippen molar-refractivity contribution in [3.8, 4) is 5.75 Å². The van der Waals surface area contributed by atoms with E-state index in [0.29, 0.717) is 4.34 Å². The molecule has 0 atom stereocenters. The fourth-order valence-electron chi connectivity index (χ4n) is 1.53. The van der Waals surface area contributed by atoms with Crippen LogP contribution in [0.2, 0.25) is 4.34 Å². The van der Waals surface area contributed by atoms with E-state index in [-0.39, 0.29) is 12.3 Å². The molecule has 2 aromatic rings. The molecule has 0 fully saturated rings. The smallest absolute Gasteiger partial charge is 0.244 e. The van der Waals surface area contributed by atoms with Crippen LogP contribution in [0.1, 0.15) is 10.4 Å². The highest BCUT2D eigenvalue weighted by atomic mass is 35.5. The lowest BCUT2D eigenvalue weighted by molar-refractivity contribution is -0.120. The van der Waals surface area contributed by atoms with E-state index in [4.69, 9.17) is 16.3 Å². The molecule has 0 saturated carbocycles. The van der Waals surface area contributed by atoms with Crippen LogP contribution in [-0.2, 0) is 11.2 Å². The number of thiophene rings is 1. The summed E-state index contributed by atoms with van der Waals surface area (Å²) in [6.07, 6.45) is 1.84. The third-order valence-electron chi connectivity index (χ3n) is 2.50. The Kier molecular flexibility index (Phi) is 5.15. The maximum absolute atomic E-state index is 11.7. The Balaban J connectivity index is 1.84. The van der Waals surface area contributed by atoms with Gasteiger partial charge in [-0.25, -0.2) is 5.43 Å². The number of carbonyl (C=O) groups excluding carboxylic acids is 1. The van der Waals surface area contributed by atoms with Crippen LogP contribution in [0.15, 0.2) is 41.5 Å². The molecule has 6 heteroatoms. The molecular weight excluding hydrogens is 296 g/mol. The van der Waals surface area contributed by atoms with Crippen LogP contribution in [0.5, 0.6) is 5.75 Å². The largest absolute Gasteiger partial charge is 0.497 e. The highest BCUT2D eigenvalue weighted by Gasteiger charge is 2.02. The van der Waals surface area contributed by atoms with Crippen molar-refractivity contribution in [2.75, 3.05) is 7.11 Å². The fourth-order valence-corrected chi connectivity index (χ4v) is 2.47. The van der Waals surface area contributed by atoms with E-state index in [1.807, 2.05) is 30.3 Å². The van der Waals surface area contributed by atoms with Crippen LogP contribution in [0, 0.1) is 0 Å². The number of halogens is 1. The van der Waals surface area contributed by atoms with Crippen LogP contribution in [0.25, 0.3) is 0 Å². The number of ether oxygens (including phenoxy) is 1. The zero-order chi connectivity index (χ0) is 14.4. The number of hydrogen-bond donors (Lipinski definition) is 1. The normalized spacial score (nSPS) is 10.7. The number of amides is 1. The summed E-state index contributed by atoms with van der Waals surface area (Å²) in [5.41, 5.74) is 3.38. The highest BCUT2D eigenvalue weighted by Crippen LogP contribution is 2.19. The van der Waals surface area contributed by atoms with E-state index in [0.717, 1.165) is 16.2 Å². The third-order valence-corrected chi connectivity index (χ3v) is 3.66. The lowest BCUT2D eigenvalue weighted by Gasteiger charge is -2.02. The summed E-state index contributed by atoms with van der Waals surface area (Å²) in [6, 6.07) is 11.0. The summed E-state index contributed by atoms with van der Waals surface area (Å²) >= 11 is 7.19. The van der Waals surface area contributed by atoms with Gasteiger partial charge >= 0.3 is 0 Å². The minimum absolute atomic E-state index is 0.172. The number of nitrogens with zero attached hydrogens (tertiary/aromatic N) is 1. The van der Waals surface area contributed by atoms with Crippen molar-refractivity contribution in [1.29, 1.82) is 0 Å². The van der Waals surface area contributed by atoms with Gasteiger partial charge in [0.2, 0.25) is 5.91 Å². The second kappa shape index (κ2) is 7.07. The molecule has 0 aliphatic carbocycles. The van der Waals surface area contributed by atoms with Gasteiger partial charge in [-0.3, -0.25) is 4.79 Å². The van der Waals surface area contributed by atoms with Gasteiger partial charge in [0.15, 0.2) is 0 Å². The molecular formula is C14H13ClN2O2S. The van der Waals surface area contributed by atoms with Gasteiger partial charge in [0.25, 0.3) is 0 Å². The lowest BCUT2D eigenvalue weighted by atomic mass is 10.1. The molecule has 4 nitrogen and oxygen atoms in total. The highest BCUT2D eigenvalue weighted by molar-refractivity contribution is 7.17. The maximum Gasteiger partial charge on any atom is 0.244 e. The molecule has 1 aromatic carbocycles. The first-order valence-corrected chi connectivity index (χ1v) is 7.07.